The fourth-order valence-electron chi connectivity index (χ4n) is 3.89. The predicted octanol–water partition coefficient (Wildman–Crippen LogP) is 3.95. The molecule has 3 aromatic rings. The van der Waals surface area contributed by atoms with Crippen molar-refractivity contribution < 1.29 is 14.3 Å². The first-order valence-electron chi connectivity index (χ1n) is 10.4. The van der Waals surface area contributed by atoms with Crippen molar-refractivity contribution in [2.75, 3.05) is 26.8 Å². The van der Waals surface area contributed by atoms with Gasteiger partial charge in [-0.05, 0) is 44.9 Å². The summed E-state index contributed by atoms with van der Waals surface area (Å²) in [5.74, 6) is 1.87. The zero-order valence-corrected chi connectivity index (χ0v) is 17.7. The second kappa shape index (κ2) is 8.73. The van der Waals surface area contributed by atoms with Crippen LogP contribution in [0.2, 0.25) is 0 Å². The van der Waals surface area contributed by atoms with Crippen LogP contribution in [0.3, 0.4) is 0 Å². The highest BCUT2D eigenvalue weighted by Crippen LogP contribution is 2.24. The van der Waals surface area contributed by atoms with Crippen molar-refractivity contribution in [2.45, 2.75) is 32.7 Å². The number of ether oxygens (including phenoxy) is 2. The van der Waals surface area contributed by atoms with Gasteiger partial charge in [0.15, 0.2) is 5.65 Å². The minimum Gasteiger partial charge on any atom is -0.497 e. The van der Waals surface area contributed by atoms with E-state index >= 15 is 0 Å². The van der Waals surface area contributed by atoms with Crippen molar-refractivity contribution in [3.8, 4) is 11.5 Å². The normalized spacial score (nSPS) is 16.8. The summed E-state index contributed by atoms with van der Waals surface area (Å²) >= 11 is 0. The molecule has 0 bridgehead atoms. The van der Waals surface area contributed by atoms with E-state index in [1.165, 1.54) is 0 Å². The fraction of sp³-hybridized carbons (Fsp3) is 0.435. The first-order chi connectivity index (χ1) is 14.5. The van der Waals surface area contributed by atoms with E-state index in [1.807, 2.05) is 39.8 Å². The van der Waals surface area contributed by atoms with E-state index in [0.717, 1.165) is 42.0 Å². The van der Waals surface area contributed by atoms with Gasteiger partial charge in [0.05, 0.1) is 25.6 Å². The van der Waals surface area contributed by atoms with Gasteiger partial charge in [0, 0.05) is 37.3 Å². The highest BCUT2D eigenvalue weighted by molar-refractivity contribution is 5.96. The van der Waals surface area contributed by atoms with Crippen molar-refractivity contribution in [3.63, 3.8) is 0 Å². The number of hydrogen-bond donors (Lipinski definition) is 0. The molecule has 30 heavy (non-hydrogen) atoms. The molecule has 3 heterocycles. The highest BCUT2D eigenvalue weighted by Gasteiger charge is 2.25. The van der Waals surface area contributed by atoms with Crippen molar-refractivity contribution in [1.82, 2.24) is 19.4 Å². The quantitative estimate of drug-likeness (QED) is 0.618. The maximum absolute atomic E-state index is 13.1. The molecular weight excluding hydrogens is 380 g/mol. The van der Waals surface area contributed by atoms with E-state index in [0.29, 0.717) is 24.6 Å². The molecule has 0 spiro atoms. The number of aromatic nitrogens is 3. The van der Waals surface area contributed by atoms with Crippen molar-refractivity contribution in [2.24, 2.45) is 5.92 Å². The summed E-state index contributed by atoms with van der Waals surface area (Å²) in [6.07, 6.45) is 5.46. The van der Waals surface area contributed by atoms with Crippen LogP contribution in [0.4, 0.5) is 0 Å². The predicted molar refractivity (Wildman–Crippen MR) is 115 cm³/mol. The van der Waals surface area contributed by atoms with Gasteiger partial charge >= 0.3 is 0 Å². The minimum absolute atomic E-state index is 0.00887. The van der Waals surface area contributed by atoms with Gasteiger partial charge in [0.2, 0.25) is 0 Å². The summed E-state index contributed by atoms with van der Waals surface area (Å²) in [5, 5.41) is 0. The Hall–Kier alpha value is -3.09. The number of likely N-dealkylation sites (tertiary alicyclic amines) is 1. The van der Waals surface area contributed by atoms with Gasteiger partial charge < -0.3 is 18.9 Å². The molecule has 1 aliphatic heterocycles. The lowest BCUT2D eigenvalue weighted by Gasteiger charge is -2.32. The van der Waals surface area contributed by atoms with Crippen LogP contribution in [-0.2, 0) is 0 Å². The van der Waals surface area contributed by atoms with E-state index in [2.05, 4.69) is 23.8 Å². The van der Waals surface area contributed by atoms with Crippen molar-refractivity contribution >= 4 is 17.1 Å². The first-order valence-corrected chi connectivity index (χ1v) is 10.4. The summed E-state index contributed by atoms with van der Waals surface area (Å²) in [6.45, 7) is 6.19. The monoisotopic (exact) mass is 408 g/mol. The molecule has 158 valence electrons. The average Bonchev–Trinajstić information content (AvgIpc) is 3.21. The number of amides is 1. The molecule has 7 nitrogen and oxygen atoms in total. The number of hydrogen-bond acceptors (Lipinski definition) is 5. The van der Waals surface area contributed by atoms with Gasteiger partial charge in [-0.1, -0.05) is 6.07 Å². The molecule has 0 radical (unpaired) electrons. The van der Waals surface area contributed by atoms with Gasteiger partial charge in [-0.25, -0.2) is 9.97 Å². The Labute approximate surface area is 176 Å². The molecule has 0 aliphatic carbocycles. The molecule has 2 aromatic heterocycles. The fourth-order valence-corrected chi connectivity index (χ4v) is 3.89. The van der Waals surface area contributed by atoms with E-state index in [1.54, 1.807) is 19.6 Å². The molecule has 1 aliphatic rings. The van der Waals surface area contributed by atoms with Crippen molar-refractivity contribution in [1.29, 1.82) is 0 Å². The lowest BCUT2D eigenvalue weighted by molar-refractivity contribution is 0.0633. The van der Waals surface area contributed by atoms with Crippen LogP contribution in [-0.4, -0.2) is 52.1 Å². The molecule has 0 saturated carbocycles. The number of fused-ring (bicyclic) bond motifs is 1. The van der Waals surface area contributed by atoms with Crippen LogP contribution in [0.1, 0.15) is 43.1 Å². The molecule has 1 fully saturated rings. The van der Waals surface area contributed by atoms with Gasteiger partial charge in [-0.2, -0.15) is 0 Å². The Morgan fingerprint density at radius 2 is 2.07 bits per heavy atom. The third kappa shape index (κ3) is 4.25. The van der Waals surface area contributed by atoms with Crippen molar-refractivity contribution in [3.05, 3.63) is 48.4 Å². The van der Waals surface area contributed by atoms with E-state index in [4.69, 9.17) is 9.47 Å². The Morgan fingerprint density at radius 3 is 2.87 bits per heavy atom. The number of pyridine rings is 1. The SMILES string of the molecule is COc1cccc(OCC2CCCN(C(=O)c3cnc4c(c3)ncn4C(C)C)C2)c1. The average molecular weight is 409 g/mol. The molecule has 1 aromatic carbocycles. The summed E-state index contributed by atoms with van der Waals surface area (Å²) in [6, 6.07) is 9.72. The maximum Gasteiger partial charge on any atom is 0.255 e. The Bertz CT molecular complexity index is 1030. The molecule has 4 rings (SSSR count). The molecule has 1 atom stereocenters. The highest BCUT2D eigenvalue weighted by atomic mass is 16.5. The van der Waals surface area contributed by atoms with E-state index in [9.17, 15) is 4.79 Å². The third-order valence-corrected chi connectivity index (χ3v) is 5.55. The van der Waals surface area contributed by atoms with Crippen LogP contribution in [0.15, 0.2) is 42.9 Å². The number of piperidine rings is 1. The number of benzene rings is 1. The molecule has 1 amide bonds. The number of carbonyl (C=O) groups is 1. The number of nitrogens with zero attached hydrogens (tertiary/aromatic N) is 4. The van der Waals surface area contributed by atoms with Crippen LogP contribution < -0.4 is 9.47 Å². The van der Waals surface area contributed by atoms with Gasteiger partial charge in [-0.3, -0.25) is 4.79 Å². The minimum atomic E-state index is 0.00887. The Kier molecular flexibility index (Phi) is 5.88. The number of rotatable bonds is 6. The Morgan fingerprint density at radius 1 is 1.23 bits per heavy atom. The number of methoxy groups -OCH3 is 1. The summed E-state index contributed by atoms with van der Waals surface area (Å²) < 4.78 is 13.2. The van der Waals surface area contributed by atoms with Crippen LogP contribution >= 0.6 is 0 Å². The zero-order chi connectivity index (χ0) is 21.1. The van der Waals surface area contributed by atoms with E-state index in [-0.39, 0.29) is 11.9 Å². The second-order valence-corrected chi connectivity index (χ2v) is 8.06. The van der Waals surface area contributed by atoms with Crippen LogP contribution in [0.5, 0.6) is 11.5 Å². The summed E-state index contributed by atoms with van der Waals surface area (Å²) in [5.41, 5.74) is 2.15. The molecule has 1 saturated heterocycles. The molecule has 0 N–H and O–H groups in total. The number of imidazole rings is 1. The van der Waals surface area contributed by atoms with Crippen LogP contribution in [0.25, 0.3) is 11.2 Å². The molecular formula is C23H28N4O3. The summed E-state index contributed by atoms with van der Waals surface area (Å²) in [7, 11) is 1.64. The topological polar surface area (TPSA) is 69.5 Å². The third-order valence-electron chi connectivity index (χ3n) is 5.55. The first kappa shape index (κ1) is 20.2. The number of carbonyl (C=O) groups excluding carboxylic acids is 1. The second-order valence-electron chi connectivity index (χ2n) is 8.06. The lowest BCUT2D eigenvalue weighted by atomic mass is 9.98. The van der Waals surface area contributed by atoms with Gasteiger partial charge in [-0.15, -0.1) is 0 Å². The molecule has 1 unspecified atom stereocenters. The van der Waals surface area contributed by atoms with Gasteiger partial charge in [0.1, 0.15) is 17.0 Å². The zero-order valence-electron chi connectivity index (χ0n) is 17.7. The standard InChI is InChI=1S/C23H28N4O3/c1-16(2)27-15-25-21-10-18(12-24-22(21)27)23(28)26-9-5-6-17(13-26)14-30-20-8-4-7-19(11-20)29-3/h4,7-8,10-12,15-17H,5-6,9,13-14H2,1-3H3. The Balaban J connectivity index is 1.41. The largest absolute Gasteiger partial charge is 0.497 e. The summed E-state index contributed by atoms with van der Waals surface area (Å²) in [4.78, 5) is 23.9. The van der Waals surface area contributed by atoms with E-state index < -0.39 is 0 Å². The smallest absolute Gasteiger partial charge is 0.255 e. The van der Waals surface area contributed by atoms with Gasteiger partial charge in [0.25, 0.3) is 5.91 Å². The molecule has 7 heteroatoms. The lowest BCUT2D eigenvalue weighted by Crippen LogP contribution is -2.41. The maximum atomic E-state index is 13.1. The van der Waals surface area contributed by atoms with Crippen LogP contribution in [0, 0.1) is 5.92 Å².